The van der Waals surface area contributed by atoms with Crippen molar-refractivity contribution in [3.63, 3.8) is 0 Å². The maximum absolute atomic E-state index is 11.8. The average molecular weight is 273 g/mol. The molecule has 1 heterocycles. The van der Waals surface area contributed by atoms with E-state index in [1.54, 1.807) is 0 Å². The molecule has 0 spiro atoms. The molecule has 5 heteroatoms. The molecule has 1 aliphatic rings. The Bertz CT molecular complexity index is 266. The summed E-state index contributed by atoms with van der Waals surface area (Å²) in [6.45, 7) is 6.71. The molecule has 0 radical (unpaired) electrons. The molecule has 2 atom stereocenters. The molecule has 0 saturated carbocycles. The van der Waals surface area contributed by atoms with E-state index < -0.39 is 5.54 Å². The van der Waals surface area contributed by atoms with Crippen molar-refractivity contribution in [1.29, 1.82) is 0 Å². The third-order valence-electron chi connectivity index (χ3n) is 3.48. The maximum Gasteiger partial charge on any atom is 0.325 e. The van der Waals surface area contributed by atoms with Gasteiger partial charge in [-0.15, -0.1) is 0 Å². The largest absolute Gasteiger partial charge is 0.468 e. The maximum atomic E-state index is 11.8. The number of carbonyl (C=O) groups is 1. The molecule has 0 amide bonds. The van der Waals surface area contributed by atoms with Gasteiger partial charge in [0.25, 0.3) is 0 Å². The molecule has 5 nitrogen and oxygen atoms in total. The Balaban J connectivity index is 2.28. The molecule has 112 valence electrons. The van der Waals surface area contributed by atoms with Crippen LogP contribution in [0.2, 0.25) is 0 Å². The number of esters is 1. The summed E-state index contributed by atoms with van der Waals surface area (Å²) < 4.78 is 16.0. The van der Waals surface area contributed by atoms with Crippen LogP contribution in [0.5, 0.6) is 0 Å². The molecule has 0 aliphatic carbocycles. The van der Waals surface area contributed by atoms with Crippen LogP contribution in [0.1, 0.15) is 39.5 Å². The van der Waals surface area contributed by atoms with Crippen molar-refractivity contribution < 1.29 is 19.0 Å². The van der Waals surface area contributed by atoms with E-state index in [9.17, 15) is 4.79 Å². The van der Waals surface area contributed by atoms with E-state index in [-0.39, 0.29) is 12.1 Å². The van der Waals surface area contributed by atoms with Gasteiger partial charge in [-0.25, -0.2) is 0 Å². The predicted octanol–water partition coefficient (Wildman–Crippen LogP) is 1.50. The third kappa shape index (κ3) is 5.47. The summed E-state index contributed by atoms with van der Waals surface area (Å²) in [5.74, 6) is -0.235. The first-order chi connectivity index (χ1) is 9.12. The minimum atomic E-state index is -0.665. The first kappa shape index (κ1) is 16.4. The van der Waals surface area contributed by atoms with Gasteiger partial charge in [0.1, 0.15) is 5.54 Å². The lowest BCUT2D eigenvalue weighted by Crippen LogP contribution is -2.51. The lowest BCUT2D eigenvalue weighted by molar-refractivity contribution is -0.148. The van der Waals surface area contributed by atoms with Crippen molar-refractivity contribution in [1.82, 2.24) is 5.32 Å². The van der Waals surface area contributed by atoms with Crippen LogP contribution in [0.15, 0.2) is 0 Å². The van der Waals surface area contributed by atoms with Crippen LogP contribution in [0.4, 0.5) is 0 Å². The van der Waals surface area contributed by atoms with Crippen molar-refractivity contribution in [2.75, 3.05) is 33.5 Å². The number of methoxy groups -OCH3 is 1. The number of carbonyl (C=O) groups excluding carboxylic acids is 1. The fourth-order valence-corrected chi connectivity index (χ4v) is 2.16. The summed E-state index contributed by atoms with van der Waals surface area (Å²) in [6.07, 6.45) is 4.00. The van der Waals surface area contributed by atoms with Crippen molar-refractivity contribution in [3.05, 3.63) is 0 Å². The van der Waals surface area contributed by atoms with Crippen LogP contribution < -0.4 is 5.32 Å². The molecule has 2 unspecified atom stereocenters. The monoisotopic (exact) mass is 273 g/mol. The molecule has 1 rings (SSSR count). The van der Waals surface area contributed by atoms with E-state index in [4.69, 9.17) is 14.2 Å². The summed E-state index contributed by atoms with van der Waals surface area (Å²) in [4.78, 5) is 11.8. The Morgan fingerprint density at radius 3 is 2.89 bits per heavy atom. The molecule has 1 fully saturated rings. The lowest BCUT2D eigenvalue weighted by Gasteiger charge is -2.28. The Hall–Kier alpha value is -0.650. The Labute approximate surface area is 116 Å². The van der Waals surface area contributed by atoms with Crippen LogP contribution in [-0.2, 0) is 19.0 Å². The topological polar surface area (TPSA) is 56.8 Å². The van der Waals surface area contributed by atoms with Crippen LogP contribution >= 0.6 is 0 Å². The Morgan fingerprint density at radius 1 is 1.53 bits per heavy atom. The van der Waals surface area contributed by atoms with Crippen LogP contribution in [0.25, 0.3) is 0 Å². The van der Waals surface area contributed by atoms with E-state index in [0.29, 0.717) is 19.6 Å². The smallest absolute Gasteiger partial charge is 0.325 e. The first-order valence-electron chi connectivity index (χ1n) is 7.15. The van der Waals surface area contributed by atoms with Gasteiger partial charge in [0.2, 0.25) is 0 Å². The number of rotatable bonds is 9. The third-order valence-corrected chi connectivity index (χ3v) is 3.48. The zero-order valence-electron chi connectivity index (χ0n) is 12.4. The van der Waals surface area contributed by atoms with Crippen LogP contribution in [0, 0.1) is 0 Å². The van der Waals surface area contributed by atoms with Crippen molar-refractivity contribution in [2.24, 2.45) is 0 Å². The van der Waals surface area contributed by atoms with Gasteiger partial charge in [-0.3, -0.25) is 4.79 Å². The zero-order chi connectivity index (χ0) is 14.1. The summed E-state index contributed by atoms with van der Waals surface area (Å²) in [5, 5.41) is 3.24. The highest BCUT2D eigenvalue weighted by atomic mass is 16.5. The molecule has 0 aromatic rings. The standard InChI is InChI=1S/C14H27NO4/c1-4-8-15-14(2,13(16)17-3)7-10-18-11-12-6-5-9-19-12/h12,15H,4-11H2,1-3H3. The second-order valence-electron chi connectivity index (χ2n) is 5.21. The molecule has 1 N–H and O–H groups in total. The van der Waals surface area contributed by atoms with Gasteiger partial charge in [-0.1, -0.05) is 6.92 Å². The predicted molar refractivity (Wildman–Crippen MR) is 73.1 cm³/mol. The van der Waals surface area contributed by atoms with E-state index in [1.165, 1.54) is 7.11 Å². The van der Waals surface area contributed by atoms with Gasteiger partial charge in [-0.2, -0.15) is 0 Å². The molecular formula is C14H27NO4. The van der Waals surface area contributed by atoms with Gasteiger partial charge in [0, 0.05) is 13.2 Å². The van der Waals surface area contributed by atoms with Gasteiger partial charge in [0.05, 0.1) is 19.8 Å². The highest BCUT2D eigenvalue weighted by molar-refractivity contribution is 5.80. The highest BCUT2D eigenvalue weighted by Crippen LogP contribution is 2.15. The zero-order valence-corrected chi connectivity index (χ0v) is 12.4. The summed E-state index contributed by atoms with van der Waals surface area (Å²) >= 11 is 0. The first-order valence-corrected chi connectivity index (χ1v) is 7.15. The molecule has 0 aromatic heterocycles. The van der Waals surface area contributed by atoms with Crippen molar-refractivity contribution in [2.45, 2.75) is 51.2 Å². The molecular weight excluding hydrogens is 246 g/mol. The second-order valence-corrected chi connectivity index (χ2v) is 5.21. The number of nitrogens with one attached hydrogen (secondary N) is 1. The number of ether oxygens (including phenoxy) is 3. The summed E-state index contributed by atoms with van der Waals surface area (Å²) in [6, 6.07) is 0. The lowest BCUT2D eigenvalue weighted by atomic mass is 9.98. The molecule has 0 bridgehead atoms. The van der Waals surface area contributed by atoms with Gasteiger partial charge < -0.3 is 19.5 Å². The van der Waals surface area contributed by atoms with Crippen molar-refractivity contribution >= 4 is 5.97 Å². The normalized spacial score (nSPS) is 22.2. The van der Waals surface area contributed by atoms with E-state index >= 15 is 0 Å². The van der Waals surface area contributed by atoms with Crippen molar-refractivity contribution in [3.8, 4) is 0 Å². The Morgan fingerprint density at radius 2 is 2.32 bits per heavy atom. The quantitative estimate of drug-likeness (QED) is 0.510. The fraction of sp³-hybridized carbons (Fsp3) is 0.929. The molecule has 1 aliphatic heterocycles. The van der Waals surface area contributed by atoms with Crippen LogP contribution in [-0.4, -0.2) is 51.1 Å². The summed E-state index contributed by atoms with van der Waals surface area (Å²) in [7, 11) is 1.42. The number of hydrogen-bond acceptors (Lipinski definition) is 5. The van der Waals surface area contributed by atoms with Gasteiger partial charge in [0.15, 0.2) is 0 Å². The summed E-state index contributed by atoms with van der Waals surface area (Å²) in [5.41, 5.74) is -0.665. The average Bonchev–Trinajstić information content (AvgIpc) is 2.93. The molecule has 0 aromatic carbocycles. The second kappa shape index (κ2) is 8.51. The molecule has 19 heavy (non-hydrogen) atoms. The highest BCUT2D eigenvalue weighted by Gasteiger charge is 2.33. The van der Waals surface area contributed by atoms with Gasteiger partial charge in [-0.05, 0) is 39.2 Å². The van der Waals surface area contributed by atoms with Crippen LogP contribution in [0.3, 0.4) is 0 Å². The van der Waals surface area contributed by atoms with E-state index in [2.05, 4.69) is 12.2 Å². The van der Waals surface area contributed by atoms with E-state index in [1.807, 2.05) is 6.92 Å². The Kier molecular flexibility index (Phi) is 7.34. The molecule has 1 saturated heterocycles. The van der Waals surface area contributed by atoms with Gasteiger partial charge >= 0.3 is 5.97 Å². The minimum Gasteiger partial charge on any atom is -0.468 e. The number of hydrogen-bond donors (Lipinski definition) is 1. The SMILES string of the molecule is CCCNC(C)(CCOCC1CCCO1)C(=O)OC. The fourth-order valence-electron chi connectivity index (χ4n) is 2.16. The minimum absolute atomic E-state index is 0.230. The van der Waals surface area contributed by atoms with E-state index in [0.717, 1.165) is 32.4 Å².